The Morgan fingerprint density at radius 1 is 1.00 bits per heavy atom. The van der Waals surface area contributed by atoms with Gasteiger partial charge >= 0.3 is 12.1 Å². The largest absolute Gasteiger partial charge is 0.481 e. The van der Waals surface area contributed by atoms with E-state index in [1.54, 1.807) is 27.7 Å². The van der Waals surface area contributed by atoms with Crippen LogP contribution in [0.2, 0.25) is 0 Å². The first-order valence-corrected chi connectivity index (χ1v) is 10.7. The Balaban J connectivity index is 1.55. The second kappa shape index (κ2) is 9.42. The molecule has 32 heavy (non-hydrogen) atoms. The van der Waals surface area contributed by atoms with E-state index in [4.69, 9.17) is 9.84 Å². The van der Waals surface area contributed by atoms with E-state index < -0.39 is 29.4 Å². The van der Waals surface area contributed by atoms with Crippen LogP contribution in [0.15, 0.2) is 48.5 Å². The van der Waals surface area contributed by atoms with Gasteiger partial charge in [-0.3, -0.25) is 9.59 Å². The van der Waals surface area contributed by atoms with Crippen molar-refractivity contribution in [2.45, 2.75) is 39.7 Å². The van der Waals surface area contributed by atoms with Crippen LogP contribution in [0.5, 0.6) is 0 Å². The van der Waals surface area contributed by atoms with E-state index in [-0.39, 0.29) is 25.0 Å². The van der Waals surface area contributed by atoms with Crippen LogP contribution in [0.1, 0.15) is 44.7 Å². The maximum absolute atomic E-state index is 12.4. The van der Waals surface area contributed by atoms with Crippen LogP contribution in [0.4, 0.5) is 4.79 Å². The van der Waals surface area contributed by atoms with Crippen molar-refractivity contribution >= 4 is 18.0 Å². The fourth-order valence-corrected chi connectivity index (χ4v) is 3.72. The van der Waals surface area contributed by atoms with Gasteiger partial charge in [-0.1, -0.05) is 55.5 Å². The van der Waals surface area contributed by atoms with Crippen LogP contribution in [0, 0.1) is 11.3 Å². The molecule has 170 valence electrons. The Kier molecular flexibility index (Phi) is 6.87. The highest BCUT2D eigenvalue weighted by atomic mass is 16.5. The summed E-state index contributed by atoms with van der Waals surface area (Å²) in [6.07, 6.45) is -0.593. The lowest BCUT2D eigenvalue weighted by molar-refractivity contribution is -0.146. The number of nitrogens with one attached hydrogen (secondary N) is 2. The fraction of sp³-hybridized carbons (Fsp3) is 0.400. The van der Waals surface area contributed by atoms with E-state index in [1.165, 1.54) is 0 Å². The number of rotatable bonds is 8. The molecule has 7 nitrogen and oxygen atoms in total. The molecule has 3 N–H and O–H groups in total. The lowest BCUT2D eigenvalue weighted by Gasteiger charge is -2.24. The van der Waals surface area contributed by atoms with Gasteiger partial charge in [0.1, 0.15) is 6.61 Å². The van der Waals surface area contributed by atoms with Crippen molar-refractivity contribution < 1.29 is 24.2 Å². The lowest BCUT2D eigenvalue weighted by Crippen LogP contribution is -2.47. The van der Waals surface area contributed by atoms with Crippen molar-refractivity contribution in [3.63, 3.8) is 0 Å². The predicted octanol–water partition coefficient (Wildman–Crippen LogP) is 3.78. The molecule has 2 unspecified atom stereocenters. The number of carbonyl (C=O) groups excluding carboxylic acids is 2. The summed E-state index contributed by atoms with van der Waals surface area (Å²) in [5.74, 6) is -1.91. The third kappa shape index (κ3) is 4.93. The van der Waals surface area contributed by atoms with Gasteiger partial charge in [0.15, 0.2) is 0 Å². The van der Waals surface area contributed by atoms with Crippen LogP contribution in [-0.2, 0) is 14.3 Å². The van der Waals surface area contributed by atoms with E-state index in [2.05, 4.69) is 34.9 Å². The summed E-state index contributed by atoms with van der Waals surface area (Å²) in [6.45, 7) is 6.67. The molecule has 0 radical (unpaired) electrons. The molecule has 1 aliphatic carbocycles. The maximum Gasteiger partial charge on any atom is 0.407 e. The summed E-state index contributed by atoms with van der Waals surface area (Å²) >= 11 is 0. The highest BCUT2D eigenvalue weighted by Gasteiger charge is 2.31. The van der Waals surface area contributed by atoms with Crippen LogP contribution >= 0.6 is 0 Å². The Hall–Kier alpha value is -3.35. The Bertz CT molecular complexity index is 971. The molecule has 3 rings (SSSR count). The summed E-state index contributed by atoms with van der Waals surface area (Å²) in [7, 11) is 0. The normalized spacial score (nSPS) is 14.6. The molecule has 0 aromatic heterocycles. The van der Waals surface area contributed by atoms with E-state index in [0.717, 1.165) is 22.3 Å². The Morgan fingerprint density at radius 2 is 1.53 bits per heavy atom. The number of hydrogen-bond acceptors (Lipinski definition) is 4. The summed E-state index contributed by atoms with van der Waals surface area (Å²) in [5, 5.41) is 14.5. The number of ether oxygens (including phenoxy) is 1. The molecule has 0 bridgehead atoms. The van der Waals surface area contributed by atoms with E-state index in [1.807, 2.05) is 24.3 Å². The first kappa shape index (κ1) is 23.3. The molecule has 1 aliphatic rings. The van der Waals surface area contributed by atoms with Gasteiger partial charge in [0, 0.05) is 18.5 Å². The van der Waals surface area contributed by atoms with Gasteiger partial charge in [-0.15, -0.1) is 0 Å². The number of fused-ring (bicyclic) bond motifs is 3. The van der Waals surface area contributed by atoms with Gasteiger partial charge in [0.05, 0.1) is 11.3 Å². The molecule has 0 saturated carbocycles. The number of amides is 2. The minimum Gasteiger partial charge on any atom is -0.481 e. The Labute approximate surface area is 188 Å². The molecule has 0 heterocycles. The average molecular weight is 439 g/mol. The predicted molar refractivity (Wildman–Crippen MR) is 121 cm³/mol. The maximum atomic E-state index is 12.4. The molecule has 0 spiro atoms. The smallest absolute Gasteiger partial charge is 0.407 e. The number of alkyl carbamates (subject to hydrolysis) is 1. The summed E-state index contributed by atoms with van der Waals surface area (Å²) in [5.41, 5.74) is 3.49. The monoisotopic (exact) mass is 438 g/mol. The molecule has 7 heteroatoms. The van der Waals surface area contributed by atoms with Crippen molar-refractivity contribution in [1.29, 1.82) is 0 Å². The van der Waals surface area contributed by atoms with Crippen LogP contribution in [0.3, 0.4) is 0 Å². The van der Waals surface area contributed by atoms with Crippen LogP contribution in [0.25, 0.3) is 11.1 Å². The van der Waals surface area contributed by atoms with Gasteiger partial charge in [0.25, 0.3) is 0 Å². The van der Waals surface area contributed by atoms with E-state index >= 15 is 0 Å². The van der Waals surface area contributed by atoms with Crippen molar-refractivity contribution in [1.82, 2.24) is 10.6 Å². The van der Waals surface area contributed by atoms with Crippen molar-refractivity contribution in [2.75, 3.05) is 13.2 Å². The minimum absolute atomic E-state index is 0.00315. The topological polar surface area (TPSA) is 105 Å². The number of carbonyl (C=O) groups is 3. The zero-order chi connectivity index (χ0) is 23.5. The molecule has 2 aromatic carbocycles. The first-order valence-electron chi connectivity index (χ1n) is 10.7. The second-order valence-corrected chi connectivity index (χ2v) is 8.95. The van der Waals surface area contributed by atoms with E-state index in [9.17, 15) is 14.4 Å². The molecule has 0 saturated heterocycles. The lowest BCUT2D eigenvalue weighted by atomic mass is 9.93. The number of carboxylic acids is 1. The molecular formula is C25H30N2O5. The minimum atomic E-state index is -1.07. The number of aliphatic carboxylic acids is 1. The van der Waals surface area contributed by atoms with Gasteiger partial charge < -0.3 is 20.5 Å². The van der Waals surface area contributed by atoms with Crippen LogP contribution < -0.4 is 10.6 Å². The molecule has 2 atom stereocenters. The van der Waals surface area contributed by atoms with Gasteiger partial charge in [-0.25, -0.2) is 4.79 Å². The molecule has 0 aliphatic heterocycles. The zero-order valence-electron chi connectivity index (χ0n) is 18.8. The zero-order valence-corrected chi connectivity index (χ0v) is 18.8. The number of hydrogen-bond donors (Lipinski definition) is 3. The summed E-state index contributed by atoms with van der Waals surface area (Å²) in [6, 6.07) is 15.7. The molecule has 0 fully saturated rings. The van der Waals surface area contributed by atoms with Gasteiger partial charge in [-0.05, 0) is 43.0 Å². The molecule has 2 amide bonds. The van der Waals surface area contributed by atoms with Gasteiger partial charge in [0.2, 0.25) is 5.91 Å². The van der Waals surface area contributed by atoms with Crippen molar-refractivity contribution in [3.8, 4) is 11.1 Å². The average Bonchev–Trinajstić information content (AvgIpc) is 3.09. The quantitative estimate of drug-likeness (QED) is 0.582. The summed E-state index contributed by atoms with van der Waals surface area (Å²) < 4.78 is 5.53. The van der Waals surface area contributed by atoms with Gasteiger partial charge in [-0.2, -0.15) is 0 Å². The Morgan fingerprint density at radius 3 is 2.06 bits per heavy atom. The third-order valence-electron chi connectivity index (χ3n) is 6.14. The fourth-order valence-electron chi connectivity index (χ4n) is 3.72. The summed E-state index contributed by atoms with van der Waals surface area (Å²) in [4.78, 5) is 36.0. The van der Waals surface area contributed by atoms with Crippen LogP contribution in [-0.4, -0.2) is 42.3 Å². The number of carboxylic acid groups (broad SMARTS) is 1. The third-order valence-corrected chi connectivity index (χ3v) is 6.14. The highest BCUT2D eigenvalue weighted by Crippen LogP contribution is 2.44. The second-order valence-electron chi connectivity index (χ2n) is 8.95. The SMILES string of the molecule is CC(NC(=O)OCC1c2ccccc2-c2ccccc21)C(C)C(=O)NCC(C)(C)C(=O)O. The highest BCUT2D eigenvalue weighted by molar-refractivity contribution is 5.82. The van der Waals surface area contributed by atoms with Crippen molar-refractivity contribution in [3.05, 3.63) is 59.7 Å². The first-order chi connectivity index (χ1) is 15.1. The standard InChI is InChI=1S/C25H30N2O5/c1-15(22(28)26-14-25(3,4)23(29)30)16(2)27-24(31)32-13-21-19-11-7-5-9-17(19)18-10-6-8-12-20(18)21/h5-12,15-16,21H,13-14H2,1-4H3,(H,26,28)(H,27,31)(H,29,30). The molecule has 2 aromatic rings. The van der Waals surface area contributed by atoms with E-state index in [0.29, 0.717) is 0 Å². The molecular weight excluding hydrogens is 408 g/mol. The number of benzene rings is 2. The van der Waals surface area contributed by atoms with Crippen molar-refractivity contribution in [2.24, 2.45) is 11.3 Å².